The van der Waals surface area contributed by atoms with Crippen LogP contribution in [0.25, 0.3) is 0 Å². The Bertz CT molecular complexity index is 1290. The van der Waals surface area contributed by atoms with Crippen molar-refractivity contribution < 1.29 is 24.5 Å². The van der Waals surface area contributed by atoms with E-state index in [-0.39, 0.29) is 23.5 Å². The fraction of sp³-hybridized carbons (Fsp3) is 0.310. The summed E-state index contributed by atoms with van der Waals surface area (Å²) < 4.78 is 6.18. The van der Waals surface area contributed by atoms with Gasteiger partial charge < -0.3 is 20.3 Å². The van der Waals surface area contributed by atoms with Gasteiger partial charge in [-0.3, -0.25) is 14.5 Å². The zero-order valence-electron chi connectivity index (χ0n) is 19.9. The number of nitrogens with one attached hydrogen (secondary N) is 1. The summed E-state index contributed by atoms with van der Waals surface area (Å²) in [5.74, 6) is -3.75. The molecular weight excluding hydrogens is 456 g/mol. The van der Waals surface area contributed by atoms with Gasteiger partial charge in [0.05, 0.1) is 23.6 Å². The summed E-state index contributed by atoms with van der Waals surface area (Å²) in [5, 5.41) is 24.5. The third kappa shape index (κ3) is 3.58. The van der Waals surface area contributed by atoms with Gasteiger partial charge in [-0.15, -0.1) is 0 Å². The molecule has 1 aliphatic carbocycles. The monoisotopic (exact) mass is 484 g/mol. The molecule has 0 bridgehead atoms. The number of amides is 2. The highest BCUT2D eigenvalue weighted by molar-refractivity contribution is 6.22. The quantitative estimate of drug-likeness (QED) is 0.463. The van der Waals surface area contributed by atoms with Crippen LogP contribution >= 0.6 is 0 Å². The molecule has 0 unspecified atom stereocenters. The van der Waals surface area contributed by atoms with Crippen molar-refractivity contribution in [2.45, 2.75) is 31.7 Å². The lowest BCUT2D eigenvalue weighted by atomic mass is 9.65. The van der Waals surface area contributed by atoms with E-state index < -0.39 is 29.6 Å². The third-order valence-corrected chi connectivity index (χ3v) is 8.01. The van der Waals surface area contributed by atoms with Crippen LogP contribution in [-0.2, 0) is 14.3 Å². The Morgan fingerprint density at radius 1 is 0.889 bits per heavy atom. The highest BCUT2D eigenvalue weighted by atomic mass is 16.6. The first kappa shape index (κ1) is 22.8. The Morgan fingerprint density at radius 2 is 1.56 bits per heavy atom. The maximum Gasteiger partial charge on any atom is 0.238 e. The molecule has 7 heteroatoms. The molecular formula is C29H28N2O5. The van der Waals surface area contributed by atoms with Gasteiger partial charge in [0, 0.05) is 23.2 Å². The fourth-order valence-electron chi connectivity index (χ4n) is 6.18. The Hall–Kier alpha value is -3.68. The number of aromatic hydroxyl groups is 1. The highest BCUT2D eigenvalue weighted by Gasteiger charge is 2.65. The number of para-hydroxylation sites is 1. The maximum atomic E-state index is 13.7. The van der Waals surface area contributed by atoms with Crippen molar-refractivity contribution in [3.05, 3.63) is 84.4 Å². The topological polar surface area (TPSA) is 99.1 Å². The first-order valence-electron chi connectivity index (χ1n) is 12.3. The summed E-state index contributed by atoms with van der Waals surface area (Å²) in [4.78, 5) is 28.5. The predicted octanol–water partition coefficient (Wildman–Crippen LogP) is 4.75. The van der Waals surface area contributed by atoms with Crippen LogP contribution in [0, 0.1) is 23.7 Å². The lowest BCUT2D eigenvalue weighted by molar-refractivity contribution is -0.265. The molecule has 3 N–H and O–H groups in total. The number of phenolic OH excluding ortho intramolecular Hbond substituents is 1. The molecule has 2 saturated heterocycles. The molecule has 2 amide bonds. The number of phenols is 1. The van der Waals surface area contributed by atoms with Gasteiger partial charge in [-0.2, -0.15) is 0 Å². The van der Waals surface area contributed by atoms with Gasteiger partial charge in [-0.05, 0) is 66.9 Å². The molecule has 0 aromatic heterocycles. The summed E-state index contributed by atoms with van der Waals surface area (Å²) in [6.07, 6.45) is 0.399. The second-order valence-electron chi connectivity index (χ2n) is 10.1. The van der Waals surface area contributed by atoms with E-state index in [0.29, 0.717) is 18.5 Å². The number of fused-ring (bicyclic) bond motifs is 3. The average molecular weight is 485 g/mol. The molecule has 3 aromatic carbocycles. The first-order valence-corrected chi connectivity index (χ1v) is 12.3. The van der Waals surface area contributed by atoms with E-state index >= 15 is 0 Å². The minimum Gasteiger partial charge on any atom is -0.508 e. The normalized spacial score (nSPS) is 31.3. The second kappa shape index (κ2) is 8.47. The minimum absolute atomic E-state index is 0.151. The number of rotatable bonds is 4. The predicted molar refractivity (Wildman–Crippen MR) is 134 cm³/mol. The van der Waals surface area contributed by atoms with Gasteiger partial charge in [-0.25, -0.2) is 0 Å². The van der Waals surface area contributed by atoms with E-state index in [9.17, 15) is 19.8 Å². The molecule has 1 saturated carbocycles. The number of anilines is 3. The molecule has 36 heavy (non-hydrogen) atoms. The second-order valence-corrected chi connectivity index (χ2v) is 10.1. The van der Waals surface area contributed by atoms with Crippen LogP contribution in [0.5, 0.6) is 5.75 Å². The first-order chi connectivity index (χ1) is 17.3. The van der Waals surface area contributed by atoms with Crippen molar-refractivity contribution in [3.63, 3.8) is 0 Å². The van der Waals surface area contributed by atoms with Crippen LogP contribution in [0.3, 0.4) is 0 Å². The Morgan fingerprint density at radius 3 is 2.25 bits per heavy atom. The van der Waals surface area contributed by atoms with Gasteiger partial charge >= 0.3 is 0 Å². The van der Waals surface area contributed by atoms with E-state index in [1.807, 2.05) is 49.4 Å². The molecule has 0 spiro atoms. The molecule has 7 nitrogen and oxygen atoms in total. The highest BCUT2D eigenvalue weighted by Crippen LogP contribution is 2.58. The van der Waals surface area contributed by atoms with Gasteiger partial charge in [0.1, 0.15) is 5.75 Å². The van der Waals surface area contributed by atoms with Crippen molar-refractivity contribution in [2.75, 3.05) is 10.2 Å². The summed E-state index contributed by atoms with van der Waals surface area (Å²) >= 11 is 0. The summed E-state index contributed by atoms with van der Waals surface area (Å²) in [5.41, 5.74) is 3.16. The summed E-state index contributed by atoms with van der Waals surface area (Å²) in [6.45, 7) is 1.88. The molecule has 2 heterocycles. The number of aliphatic hydroxyl groups is 1. The average Bonchev–Trinajstić information content (AvgIpc) is 3.36. The van der Waals surface area contributed by atoms with Crippen LogP contribution in [0.2, 0.25) is 0 Å². The molecule has 6 atom stereocenters. The molecule has 3 aromatic rings. The van der Waals surface area contributed by atoms with Gasteiger partial charge in [0.15, 0.2) is 5.79 Å². The lowest BCUT2D eigenvalue weighted by Crippen LogP contribution is -2.52. The Labute approximate surface area is 209 Å². The standard InChI is InChI=1S/C29H28N2O5/c1-17-15-23-26(24-16-25(36-29(17,24)35)18-7-13-22(32)14-8-18)28(34)31(27(23)33)21-11-9-20(10-12-21)30-19-5-3-2-4-6-19/h2-14,17,23-26,30,32,35H,15-16H2,1H3/t17-,23-,24-,25-,26-,29+/m0/s1. The van der Waals surface area contributed by atoms with E-state index in [4.69, 9.17) is 4.74 Å². The number of hydrogen-bond donors (Lipinski definition) is 3. The van der Waals surface area contributed by atoms with Crippen molar-refractivity contribution in [1.82, 2.24) is 0 Å². The molecule has 184 valence electrons. The SMILES string of the molecule is C[C@H]1C[C@@H]2C(=O)N(c3ccc(Nc4ccccc4)cc3)C(=O)[C@@H]2[C@@H]2C[C@@H](c3ccc(O)cc3)O[C@]12O. The zero-order valence-corrected chi connectivity index (χ0v) is 19.9. The van der Waals surface area contributed by atoms with E-state index in [0.717, 1.165) is 16.9 Å². The number of hydrogen-bond acceptors (Lipinski definition) is 6. The van der Waals surface area contributed by atoms with Gasteiger partial charge in [0.2, 0.25) is 11.8 Å². The van der Waals surface area contributed by atoms with Crippen LogP contribution in [0.4, 0.5) is 17.1 Å². The summed E-state index contributed by atoms with van der Waals surface area (Å²) in [6, 6.07) is 23.7. The Balaban J connectivity index is 1.26. The van der Waals surface area contributed by atoms with Crippen LogP contribution in [0.1, 0.15) is 31.4 Å². The van der Waals surface area contributed by atoms with Crippen LogP contribution in [0.15, 0.2) is 78.9 Å². The number of carbonyl (C=O) groups is 2. The lowest BCUT2D eigenvalue weighted by Gasteiger charge is -2.43. The van der Waals surface area contributed by atoms with Crippen molar-refractivity contribution in [1.29, 1.82) is 0 Å². The van der Waals surface area contributed by atoms with E-state index in [2.05, 4.69) is 5.32 Å². The molecule has 3 aliphatic rings. The number of nitrogens with zero attached hydrogens (tertiary/aromatic N) is 1. The molecule has 2 aliphatic heterocycles. The van der Waals surface area contributed by atoms with Gasteiger partial charge in [-0.1, -0.05) is 37.3 Å². The van der Waals surface area contributed by atoms with E-state index in [1.165, 1.54) is 4.90 Å². The Kier molecular flexibility index (Phi) is 5.35. The molecule has 6 rings (SSSR count). The molecule has 0 radical (unpaired) electrons. The number of benzene rings is 3. The summed E-state index contributed by atoms with van der Waals surface area (Å²) in [7, 11) is 0. The number of imide groups is 1. The fourth-order valence-corrected chi connectivity index (χ4v) is 6.18. The van der Waals surface area contributed by atoms with E-state index in [1.54, 1.807) is 36.4 Å². The third-order valence-electron chi connectivity index (χ3n) is 8.01. The number of ether oxygens (including phenoxy) is 1. The van der Waals surface area contributed by atoms with Crippen LogP contribution in [-0.4, -0.2) is 27.8 Å². The van der Waals surface area contributed by atoms with Crippen molar-refractivity contribution in [3.8, 4) is 5.75 Å². The zero-order chi connectivity index (χ0) is 25.0. The van der Waals surface area contributed by atoms with Gasteiger partial charge in [0.25, 0.3) is 0 Å². The van der Waals surface area contributed by atoms with Crippen molar-refractivity contribution >= 4 is 28.9 Å². The smallest absolute Gasteiger partial charge is 0.238 e. The number of carbonyl (C=O) groups excluding carboxylic acids is 2. The van der Waals surface area contributed by atoms with Crippen LogP contribution < -0.4 is 10.2 Å². The van der Waals surface area contributed by atoms with Crippen molar-refractivity contribution in [2.24, 2.45) is 23.7 Å². The maximum absolute atomic E-state index is 13.7. The minimum atomic E-state index is -1.49. The molecule has 3 fully saturated rings. The largest absolute Gasteiger partial charge is 0.508 e.